The van der Waals surface area contributed by atoms with E-state index in [1.165, 1.54) is 11.1 Å². The van der Waals surface area contributed by atoms with E-state index in [1.54, 1.807) is 6.21 Å². The molecule has 1 heterocycles. The van der Waals surface area contributed by atoms with Crippen molar-refractivity contribution in [2.24, 2.45) is 5.16 Å². The summed E-state index contributed by atoms with van der Waals surface area (Å²) in [6.45, 7) is 1.36. The van der Waals surface area contributed by atoms with Crippen LogP contribution in [0.3, 0.4) is 0 Å². The van der Waals surface area contributed by atoms with Gasteiger partial charge in [0.2, 0.25) is 0 Å². The standard InChI is InChI=1S/C19H20N2O2/c22-11-6-12-23-20-13-17-15-21(14-16-7-2-1-3-8-16)19-10-5-4-9-18(17)19/h1-5,7-10,13,15,22H,6,11-12,14H2. The van der Waals surface area contributed by atoms with Crippen LogP contribution in [0.1, 0.15) is 17.5 Å². The fraction of sp³-hybridized carbons (Fsp3) is 0.211. The Morgan fingerprint density at radius 1 is 1.04 bits per heavy atom. The zero-order valence-corrected chi connectivity index (χ0v) is 12.9. The van der Waals surface area contributed by atoms with E-state index < -0.39 is 0 Å². The summed E-state index contributed by atoms with van der Waals surface area (Å²) in [6, 6.07) is 18.7. The average molecular weight is 308 g/mol. The summed E-state index contributed by atoms with van der Waals surface area (Å²) in [5.74, 6) is 0. The van der Waals surface area contributed by atoms with Crippen molar-refractivity contribution in [1.29, 1.82) is 0 Å². The smallest absolute Gasteiger partial charge is 0.119 e. The molecule has 0 unspecified atom stereocenters. The van der Waals surface area contributed by atoms with E-state index in [9.17, 15) is 0 Å². The van der Waals surface area contributed by atoms with Gasteiger partial charge in [0.1, 0.15) is 6.61 Å². The molecular weight excluding hydrogens is 288 g/mol. The molecule has 0 radical (unpaired) electrons. The third-order valence-corrected chi connectivity index (χ3v) is 3.68. The Balaban J connectivity index is 1.85. The van der Waals surface area contributed by atoms with Crippen molar-refractivity contribution < 1.29 is 9.94 Å². The van der Waals surface area contributed by atoms with Crippen molar-refractivity contribution in [3.8, 4) is 0 Å². The predicted molar refractivity (Wildman–Crippen MR) is 92.7 cm³/mol. The highest BCUT2D eigenvalue weighted by molar-refractivity contribution is 5.99. The number of nitrogens with zero attached hydrogens (tertiary/aromatic N) is 2. The highest BCUT2D eigenvalue weighted by Crippen LogP contribution is 2.21. The van der Waals surface area contributed by atoms with Gasteiger partial charge in [-0.25, -0.2) is 0 Å². The average Bonchev–Trinajstić information content (AvgIpc) is 2.94. The van der Waals surface area contributed by atoms with E-state index in [0.717, 1.165) is 17.5 Å². The van der Waals surface area contributed by atoms with Crippen LogP contribution in [0.4, 0.5) is 0 Å². The van der Waals surface area contributed by atoms with Gasteiger partial charge < -0.3 is 14.5 Å². The molecule has 0 saturated heterocycles. The SMILES string of the molecule is OCCCON=Cc1cn(Cc2ccccc2)c2ccccc12. The molecule has 0 atom stereocenters. The van der Waals surface area contributed by atoms with Crippen molar-refractivity contribution in [3.63, 3.8) is 0 Å². The molecule has 0 amide bonds. The number of aliphatic hydroxyl groups is 1. The Kier molecular flexibility index (Phi) is 5.06. The summed E-state index contributed by atoms with van der Waals surface area (Å²) >= 11 is 0. The lowest BCUT2D eigenvalue weighted by Crippen LogP contribution is -1.97. The highest BCUT2D eigenvalue weighted by atomic mass is 16.6. The number of fused-ring (bicyclic) bond motifs is 1. The van der Waals surface area contributed by atoms with Gasteiger partial charge in [0, 0.05) is 42.2 Å². The van der Waals surface area contributed by atoms with E-state index in [1.807, 2.05) is 18.2 Å². The summed E-state index contributed by atoms with van der Waals surface area (Å²) in [7, 11) is 0. The largest absolute Gasteiger partial charge is 0.396 e. The third kappa shape index (κ3) is 3.79. The molecule has 0 spiro atoms. The lowest BCUT2D eigenvalue weighted by molar-refractivity contribution is 0.125. The first-order valence-corrected chi connectivity index (χ1v) is 7.76. The molecule has 0 aliphatic rings. The number of hydrogen-bond donors (Lipinski definition) is 1. The minimum absolute atomic E-state index is 0.117. The van der Waals surface area contributed by atoms with Crippen molar-refractivity contribution in [2.75, 3.05) is 13.2 Å². The molecule has 1 N–H and O–H groups in total. The molecule has 2 aromatic carbocycles. The second-order valence-electron chi connectivity index (χ2n) is 5.36. The molecule has 3 aromatic rings. The normalized spacial score (nSPS) is 11.3. The first-order chi connectivity index (χ1) is 11.4. The Labute approximate surface area is 135 Å². The zero-order valence-electron chi connectivity index (χ0n) is 12.9. The van der Waals surface area contributed by atoms with E-state index in [2.05, 4.69) is 52.3 Å². The maximum absolute atomic E-state index is 8.73. The summed E-state index contributed by atoms with van der Waals surface area (Å²) in [6.07, 6.45) is 4.42. The maximum Gasteiger partial charge on any atom is 0.119 e. The maximum atomic E-state index is 8.73. The number of para-hydroxylation sites is 1. The monoisotopic (exact) mass is 308 g/mol. The van der Waals surface area contributed by atoms with Crippen LogP contribution in [-0.4, -0.2) is 29.1 Å². The van der Waals surface area contributed by atoms with Crippen LogP contribution in [0.25, 0.3) is 10.9 Å². The minimum Gasteiger partial charge on any atom is -0.396 e. The number of aliphatic hydroxyl groups excluding tert-OH is 1. The quantitative estimate of drug-likeness (QED) is 0.413. The molecule has 0 bridgehead atoms. The molecule has 118 valence electrons. The first kappa shape index (κ1) is 15.3. The molecule has 23 heavy (non-hydrogen) atoms. The van der Waals surface area contributed by atoms with E-state index >= 15 is 0 Å². The Morgan fingerprint density at radius 2 is 1.83 bits per heavy atom. The van der Waals surface area contributed by atoms with Gasteiger partial charge in [-0.05, 0) is 11.6 Å². The summed E-state index contributed by atoms with van der Waals surface area (Å²) < 4.78 is 2.22. The molecule has 0 aliphatic carbocycles. The number of benzene rings is 2. The molecule has 4 nitrogen and oxygen atoms in total. The Morgan fingerprint density at radius 3 is 2.65 bits per heavy atom. The topological polar surface area (TPSA) is 46.8 Å². The van der Waals surface area contributed by atoms with Crippen LogP contribution in [-0.2, 0) is 11.4 Å². The summed E-state index contributed by atoms with van der Waals surface area (Å²) in [4.78, 5) is 5.15. The first-order valence-electron chi connectivity index (χ1n) is 7.76. The molecule has 1 aromatic heterocycles. The van der Waals surface area contributed by atoms with Crippen LogP contribution in [0.2, 0.25) is 0 Å². The van der Waals surface area contributed by atoms with E-state index in [4.69, 9.17) is 9.94 Å². The van der Waals surface area contributed by atoms with Gasteiger partial charge in [-0.15, -0.1) is 0 Å². The van der Waals surface area contributed by atoms with Crippen molar-refractivity contribution in [1.82, 2.24) is 4.57 Å². The van der Waals surface area contributed by atoms with Crippen LogP contribution >= 0.6 is 0 Å². The number of hydrogen-bond acceptors (Lipinski definition) is 3. The van der Waals surface area contributed by atoms with Gasteiger partial charge in [-0.3, -0.25) is 0 Å². The zero-order chi connectivity index (χ0) is 15.9. The summed E-state index contributed by atoms with van der Waals surface area (Å²) in [5.41, 5.74) is 3.46. The van der Waals surface area contributed by atoms with Crippen molar-refractivity contribution in [3.05, 3.63) is 71.9 Å². The van der Waals surface area contributed by atoms with Gasteiger partial charge in [0.05, 0.1) is 6.21 Å². The number of aromatic nitrogens is 1. The van der Waals surface area contributed by atoms with Crippen molar-refractivity contribution in [2.45, 2.75) is 13.0 Å². The van der Waals surface area contributed by atoms with Gasteiger partial charge in [-0.1, -0.05) is 53.7 Å². The lowest BCUT2D eigenvalue weighted by Gasteiger charge is -2.05. The highest BCUT2D eigenvalue weighted by Gasteiger charge is 2.07. The molecular formula is C19H20N2O2. The van der Waals surface area contributed by atoms with Gasteiger partial charge in [-0.2, -0.15) is 0 Å². The third-order valence-electron chi connectivity index (χ3n) is 3.68. The van der Waals surface area contributed by atoms with Crippen LogP contribution in [0.15, 0.2) is 65.9 Å². The number of rotatable bonds is 7. The lowest BCUT2D eigenvalue weighted by atomic mass is 10.2. The van der Waals surface area contributed by atoms with Gasteiger partial charge >= 0.3 is 0 Å². The van der Waals surface area contributed by atoms with Crippen molar-refractivity contribution >= 4 is 17.1 Å². The summed E-state index contributed by atoms with van der Waals surface area (Å²) in [5, 5.41) is 13.9. The second-order valence-corrected chi connectivity index (χ2v) is 5.36. The van der Waals surface area contributed by atoms with Crippen LogP contribution in [0.5, 0.6) is 0 Å². The Hall–Kier alpha value is -2.59. The van der Waals surface area contributed by atoms with Crippen LogP contribution < -0.4 is 0 Å². The van der Waals surface area contributed by atoms with Gasteiger partial charge in [0.25, 0.3) is 0 Å². The van der Waals surface area contributed by atoms with E-state index in [-0.39, 0.29) is 6.61 Å². The second kappa shape index (κ2) is 7.61. The van der Waals surface area contributed by atoms with E-state index in [0.29, 0.717) is 13.0 Å². The minimum atomic E-state index is 0.117. The molecule has 0 aliphatic heterocycles. The van der Waals surface area contributed by atoms with Gasteiger partial charge in [0.15, 0.2) is 0 Å². The number of oxime groups is 1. The molecule has 4 heteroatoms. The molecule has 0 fully saturated rings. The van der Waals surface area contributed by atoms with Crippen LogP contribution in [0, 0.1) is 0 Å². The Bertz CT molecular complexity index is 778. The fourth-order valence-corrected chi connectivity index (χ4v) is 2.56. The molecule has 3 rings (SSSR count). The molecule has 0 saturated carbocycles. The predicted octanol–water partition coefficient (Wildman–Crippen LogP) is 3.42. The fourth-order valence-electron chi connectivity index (χ4n) is 2.56.